The van der Waals surface area contributed by atoms with Crippen LogP contribution < -0.4 is 29.6 Å². The minimum absolute atomic E-state index is 0.205. The highest BCUT2D eigenvalue weighted by Crippen LogP contribution is 2.44. The second kappa shape index (κ2) is 8.23. The van der Waals surface area contributed by atoms with Gasteiger partial charge in [-0.25, -0.2) is 9.97 Å². The Labute approximate surface area is 174 Å². The maximum Gasteiger partial charge on any atom is 0.231 e. The minimum atomic E-state index is 0.205. The van der Waals surface area contributed by atoms with Gasteiger partial charge < -0.3 is 29.6 Å². The van der Waals surface area contributed by atoms with E-state index in [9.17, 15) is 0 Å². The van der Waals surface area contributed by atoms with Crippen molar-refractivity contribution >= 4 is 22.4 Å². The van der Waals surface area contributed by atoms with Crippen molar-refractivity contribution in [2.45, 2.75) is 25.8 Å². The third kappa shape index (κ3) is 3.54. The summed E-state index contributed by atoms with van der Waals surface area (Å²) >= 11 is 0. The largest absolute Gasteiger partial charge is 0.497 e. The first kappa shape index (κ1) is 18.7. The van der Waals surface area contributed by atoms with Crippen molar-refractivity contribution in [1.82, 2.24) is 15.3 Å². The zero-order valence-corrected chi connectivity index (χ0v) is 16.9. The summed E-state index contributed by atoms with van der Waals surface area (Å²) in [4.78, 5) is 8.97. The lowest BCUT2D eigenvalue weighted by molar-refractivity contribution is 0.174. The van der Waals surface area contributed by atoms with Crippen molar-refractivity contribution in [3.05, 3.63) is 36.2 Å². The molecule has 8 heteroatoms. The molecule has 2 aromatic carbocycles. The Balaban J connectivity index is 1.66. The summed E-state index contributed by atoms with van der Waals surface area (Å²) in [5, 5.41) is 7.81. The number of methoxy groups -OCH3 is 1. The molecule has 0 bridgehead atoms. The molecule has 0 radical (unpaired) electrons. The second-order valence-electron chi connectivity index (χ2n) is 7.29. The van der Waals surface area contributed by atoms with E-state index >= 15 is 0 Å². The van der Waals surface area contributed by atoms with E-state index in [4.69, 9.17) is 18.9 Å². The second-order valence-corrected chi connectivity index (χ2v) is 7.29. The van der Waals surface area contributed by atoms with Gasteiger partial charge in [0, 0.05) is 18.7 Å². The number of rotatable bonds is 1. The monoisotopic (exact) mass is 408 g/mol. The number of ether oxygens (including phenoxy) is 4. The zero-order valence-electron chi connectivity index (χ0n) is 16.9. The molecule has 0 unspecified atom stereocenters. The SMILES string of the molecule is COc1cc2c3c(ncnc3c1)Nc1c(ccc3c1OCO3)CNCCCCCO2. The standard InChI is InChI=1S/C22H24N4O4/c1-27-15-9-16-19-18(10-15)28-8-4-2-3-7-23-11-14-5-6-17-21(30-13-29-17)20(14)26-22(19)25-12-24-16/h5-6,9-10,12,23H,2-4,7-8,11,13H2,1H3,(H,24,25,26). The van der Waals surface area contributed by atoms with Crippen molar-refractivity contribution in [2.75, 3.05) is 32.4 Å². The van der Waals surface area contributed by atoms with Gasteiger partial charge in [-0.3, -0.25) is 0 Å². The van der Waals surface area contributed by atoms with Gasteiger partial charge in [0.05, 0.1) is 30.3 Å². The maximum absolute atomic E-state index is 6.15. The summed E-state index contributed by atoms with van der Waals surface area (Å²) in [6.45, 7) is 2.49. The highest BCUT2D eigenvalue weighted by atomic mass is 16.7. The normalized spacial score (nSPS) is 16.2. The van der Waals surface area contributed by atoms with Gasteiger partial charge in [-0.2, -0.15) is 0 Å². The first-order valence-electron chi connectivity index (χ1n) is 10.2. The molecule has 2 N–H and O–H groups in total. The van der Waals surface area contributed by atoms with Gasteiger partial charge in [-0.15, -0.1) is 0 Å². The van der Waals surface area contributed by atoms with Gasteiger partial charge in [-0.1, -0.05) is 6.07 Å². The molecule has 3 aromatic rings. The van der Waals surface area contributed by atoms with Gasteiger partial charge in [0.1, 0.15) is 23.6 Å². The van der Waals surface area contributed by atoms with E-state index in [-0.39, 0.29) is 6.79 Å². The average Bonchev–Trinajstić information content (AvgIpc) is 3.25. The number of fused-ring (bicyclic) bond motifs is 3. The molecule has 0 atom stereocenters. The van der Waals surface area contributed by atoms with E-state index in [0.717, 1.165) is 60.3 Å². The summed E-state index contributed by atoms with van der Waals surface area (Å²) in [5.41, 5.74) is 2.67. The fraction of sp³-hybridized carbons (Fsp3) is 0.364. The van der Waals surface area contributed by atoms with E-state index in [2.05, 4.69) is 26.7 Å². The summed E-state index contributed by atoms with van der Waals surface area (Å²) < 4.78 is 23.0. The molecular formula is C22H24N4O4. The summed E-state index contributed by atoms with van der Waals surface area (Å²) in [6.07, 6.45) is 4.69. The molecule has 0 fully saturated rings. The Hall–Kier alpha value is -3.26. The third-order valence-corrected chi connectivity index (χ3v) is 5.35. The quantitative estimate of drug-likeness (QED) is 0.629. The Kier molecular flexibility index (Phi) is 5.15. The smallest absolute Gasteiger partial charge is 0.231 e. The van der Waals surface area contributed by atoms with E-state index < -0.39 is 0 Å². The lowest BCUT2D eigenvalue weighted by Gasteiger charge is -2.18. The van der Waals surface area contributed by atoms with Gasteiger partial charge >= 0.3 is 0 Å². The molecule has 0 amide bonds. The molecule has 0 spiro atoms. The fourth-order valence-electron chi connectivity index (χ4n) is 3.81. The average molecular weight is 408 g/mol. The molecule has 5 rings (SSSR count). The molecule has 1 aromatic heterocycles. The summed E-state index contributed by atoms with van der Waals surface area (Å²) in [5.74, 6) is 3.47. The predicted octanol–water partition coefficient (Wildman–Crippen LogP) is 3.76. The third-order valence-electron chi connectivity index (χ3n) is 5.35. The lowest BCUT2D eigenvalue weighted by atomic mass is 10.1. The Morgan fingerprint density at radius 3 is 2.90 bits per heavy atom. The van der Waals surface area contributed by atoms with E-state index in [1.807, 2.05) is 18.2 Å². The van der Waals surface area contributed by atoms with E-state index in [1.54, 1.807) is 7.11 Å². The van der Waals surface area contributed by atoms with Gasteiger partial charge in [0.15, 0.2) is 11.5 Å². The Morgan fingerprint density at radius 2 is 1.97 bits per heavy atom. The molecule has 3 heterocycles. The minimum Gasteiger partial charge on any atom is -0.497 e. The first-order valence-corrected chi connectivity index (χ1v) is 10.2. The Morgan fingerprint density at radius 1 is 1.00 bits per heavy atom. The van der Waals surface area contributed by atoms with Crippen LogP contribution in [0.4, 0.5) is 11.5 Å². The predicted molar refractivity (Wildman–Crippen MR) is 113 cm³/mol. The summed E-state index contributed by atoms with van der Waals surface area (Å²) in [7, 11) is 1.64. The van der Waals surface area contributed by atoms with Gasteiger partial charge in [-0.05, 0) is 37.4 Å². The van der Waals surface area contributed by atoms with Crippen LogP contribution in [0.1, 0.15) is 24.8 Å². The van der Waals surface area contributed by atoms with Crippen LogP contribution in [0, 0.1) is 0 Å². The number of nitrogens with one attached hydrogen (secondary N) is 2. The van der Waals surface area contributed by atoms with E-state index in [0.29, 0.717) is 29.7 Å². The number of nitrogens with zero attached hydrogens (tertiary/aromatic N) is 2. The summed E-state index contributed by atoms with van der Waals surface area (Å²) in [6, 6.07) is 7.78. The molecule has 156 valence electrons. The Bertz CT molecular complexity index is 1070. The van der Waals surface area contributed by atoms with Crippen LogP contribution >= 0.6 is 0 Å². The maximum atomic E-state index is 6.15. The topological polar surface area (TPSA) is 86.8 Å². The molecule has 0 aliphatic carbocycles. The fourth-order valence-corrected chi connectivity index (χ4v) is 3.81. The van der Waals surface area contributed by atoms with Crippen LogP contribution in [0.2, 0.25) is 0 Å². The number of aromatic nitrogens is 2. The van der Waals surface area contributed by atoms with Crippen LogP contribution in [0.5, 0.6) is 23.0 Å². The van der Waals surface area contributed by atoms with Crippen molar-refractivity contribution in [3.63, 3.8) is 0 Å². The number of benzene rings is 2. The van der Waals surface area contributed by atoms with Gasteiger partial charge in [0.25, 0.3) is 0 Å². The molecular weight excluding hydrogens is 384 g/mol. The highest BCUT2D eigenvalue weighted by Gasteiger charge is 2.23. The number of hydrogen-bond acceptors (Lipinski definition) is 8. The molecule has 30 heavy (non-hydrogen) atoms. The molecule has 2 aliphatic heterocycles. The molecule has 0 saturated carbocycles. The number of hydrogen-bond donors (Lipinski definition) is 2. The van der Waals surface area contributed by atoms with Crippen LogP contribution in [0.25, 0.3) is 10.9 Å². The molecule has 0 saturated heterocycles. The number of anilines is 2. The van der Waals surface area contributed by atoms with Crippen LogP contribution in [-0.4, -0.2) is 37.0 Å². The van der Waals surface area contributed by atoms with Gasteiger partial charge in [0.2, 0.25) is 6.79 Å². The first-order chi connectivity index (χ1) is 14.8. The van der Waals surface area contributed by atoms with Crippen LogP contribution in [-0.2, 0) is 6.54 Å². The lowest BCUT2D eigenvalue weighted by Crippen LogP contribution is -2.16. The van der Waals surface area contributed by atoms with Crippen LogP contribution in [0.15, 0.2) is 30.6 Å². The zero-order chi connectivity index (χ0) is 20.3. The van der Waals surface area contributed by atoms with Crippen molar-refractivity contribution in [1.29, 1.82) is 0 Å². The van der Waals surface area contributed by atoms with E-state index in [1.165, 1.54) is 6.33 Å². The molecule has 2 aliphatic rings. The highest BCUT2D eigenvalue weighted by molar-refractivity contribution is 5.97. The van der Waals surface area contributed by atoms with Crippen LogP contribution in [0.3, 0.4) is 0 Å². The van der Waals surface area contributed by atoms with Crippen molar-refractivity contribution in [3.8, 4) is 23.0 Å². The van der Waals surface area contributed by atoms with Crippen molar-refractivity contribution in [2.24, 2.45) is 0 Å². The van der Waals surface area contributed by atoms with Crippen molar-refractivity contribution < 1.29 is 18.9 Å². The molecule has 8 nitrogen and oxygen atoms in total.